The van der Waals surface area contributed by atoms with Gasteiger partial charge in [-0.25, -0.2) is 0 Å². The number of nitrogen functional groups attached to an aromatic ring is 1. The van der Waals surface area contributed by atoms with Gasteiger partial charge in [0, 0.05) is 24.4 Å². The third kappa shape index (κ3) is 3.24. The second-order valence-corrected chi connectivity index (χ2v) is 3.90. The van der Waals surface area contributed by atoms with Gasteiger partial charge in [0.25, 0.3) is 5.91 Å². The van der Waals surface area contributed by atoms with Crippen molar-refractivity contribution in [1.29, 1.82) is 0 Å². The number of methoxy groups -OCH3 is 1. The Kier molecular flexibility index (Phi) is 4.31. The number of anilines is 1. The molecule has 0 spiro atoms. The molecular weight excluding hydrogens is 204 g/mol. The SMILES string of the molecule is COCC(C)NC(=O)c1ccc(C)c(N)c1. The number of amides is 1. The number of hydrogen-bond acceptors (Lipinski definition) is 3. The molecule has 1 unspecified atom stereocenters. The van der Waals surface area contributed by atoms with Gasteiger partial charge in [0.15, 0.2) is 0 Å². The van der Waals surface area contributed by atoms with Gasteiger partial charge in [0.1, 0.15) is 0 Å². The molecule has 3 N–H and O–H groups in total. The second kappa shape index (κ2) is 5.51. The average molecular weight is 222 g/mol. The Morgan fingerprint density at radius 2 is 2.25 bits per heavy atom. The van der Waals surface area contributed by atoms with Crippen LogP contribution >= 0.6 is 0 Å². The van der Waals surface area contributed by atoms with Crippen molar-refractivity contribution in [2.75, 3.05) is 19.5 Å². The first-order chi connectivity index (χ1) is 7.54. The summed E-state index contributed by atoms with van der Waals surface area (Å²) in [7, 11) is 1.60. The van der Waals surface area contributed by atoms with Gasteiger partial charge in [0.2, 0.25) is 0 Å². The van der Waals surface area contributed by atoms with Gasteiger partial charge in [-0.15, -0.1) is 0 Å². The van der Waals surface area contributed by atoms with Gasteiger partial charge in [-0.1, -0.05) is 6.07 Å². The summed E-state index contributed by atoms with van der Waals surface area (Å²) in [6, 6.07) is 5.27. The molecule has 0 saturated heterocycles. The molecule has 0 saturated carbocycles. The predicted molar refractivity (Wildman–Crippen MR) is 64.4 cm³/mol. The first-order valence-electron chi connectivity index (χ1n) is 5.20. The Morgan fingerprint density at radius 3 is 2.81 bits per heavy atom. The van der Waals surface area contributed by atoms with E-state index in [0.29, 0.717) is 17.9 Å². The first kappa shape index (κ1) is 12.5. The monoisotopic (exact) mass is 222 g/mol. The lowest BCUT2D eigenvalue weighted by atomic mass is 10.1. The van der Waals surface area contributed by atoms with Crippen molar-refractivity contribution in [3.63, 3.8) is 0 Å². The molecule has 4 nitrogen and oxygen atoms in total. The Bertz CT molecular complexity index is 377. The maximum atomic E-state index is 11.8. The minimum absolute atomic E-state index is 0.0139. The van der Waals surface area contributed by atoms with E-state index in [4.69, 9.17) is 10.5 Å². The zero-order chi connectivity index (χ0) is 12.1. The molecule has 0 aliphatic rings. The lowest BCUT2D eigenvalue weighted by Crippen LogP contribution is -2.35. The van der Waals surface area contributed by atoms with Crippen molar-refractivity contribution in [3.8, 4) is 0 Å². The van der Waals surface area contributed by atoms with Crippen LogP contribution in [0.5, 0.6) is 0 Å². The number of aryl methyl sites for hydroxylation is 1. The fourth-order valence-electron chi connectivity index (χ4n) is 1.38. The summed E-state index contributed by atoms with van der Waals surface area (Å²) in [6.07, 6.45) is 0. The maximum Gasteiger partial charge on any atom is 0.251 e. The summed E-state index contributed by atoms with van der Waals surface area (Å²) in [5.41, 5.74) is 7.92. The van der Waals surface area contributed by atoms with E-state index in [2.05, 4.69) is 5.32 Å². The molecule has 0 radical (unpaired) electrons. The fourth-order valence-corrected chi connectivity index (χ4v) is 1.38. The van der Waals surface area contributed by atoms with E-state index in [9.17, 15) is 4.79 Å². The van der Waals surface area contributed by atoms with Gasteiger partial charge in [0.05, 0.1) is 6.61 Å². The van der Waals surface area contributed by atoms with Crippen LogP contribution < -0.4 is 11.1 Å². The maximum absolute atomic E-state index is 11.8. The number of nitrogens with two attached hydrogens (primary N) is 1. The molecule has 1 aromatic rings. The molecule has 0 heterocycles. The molecule has 1 aromatic carbocycles. The number of benzene rings is 1. The molecular formula is C12H18N2O2. The van der Waals surface area contributed by atoms with Crippen LogP contribution in [0.25, 0.3) is 0 Å². The number of carbonyl (C=O) groups is 1. The van der Waals surface area contributed by atoms with Gasteiger partial charge >= 0.3 is 0 Å². The number of rotatable bonds is 4. The lowest BCUT2D eigenvalue weighted by Gasteiger charge is -2.13. The van der Waals surface area contributed by atoms with Crippen LogP contribution in [0, 0.1) is 6.92 Å². The highest BCUT2D eigenvalue weighted by Crippen LogP contribution is 2.12. The van der Waals surface area contributed by atoms with Gasteiger partial charge in [-0.3, -0.25) is 4.79 Å². The molecule has 1 atom stereocenters. The zero-order valence-electron chi connectivity index (χ0n) is 9.91. The highest BCUT2D eigenvalue weighted by molar-refractivity contribution is 5.95. The van der Waals surface area contributed by atoms with E-state index >= 15 is 0 Å². The summed E-state index contributed by atoms with van der Waals surface area (Å²) in [5.74, 6) is -0.128. The summed E-state index contributed by atoms with van der Waals surface area (Å²) in [5, 5.41) is 2.82. The van der Waals surface area contributed by atoms with Crippen LogP contribution in [0.3, 0.4) is 0 Å². The van der Waals surface area contributed by atoms with Crippen molar-refractivity contribution in [1.82, 2.24) is 5.32 Å². The van der Waals surface area contributed by atoms with E-state index in [1.807, 2.05) is 19.9 Å². The number of hydrogen-bond donors (Lipinski definition) is 2. The van der Waals surface area contributed by atoms with Crippen molar-refractivity contribution in [2.24, 2.45) is 0 Å². The summed E-state index contributed by atoms with van der Waals surface area (Å²) < 4.78 is 4.94. The Balaban J connectivity index is 2.69. The average Bonchev–Trinajstić information content (AvgIpc) is 2.22. The molecule has 1 amide bonds. The molecule has 0 aliphatic heterocycles. The van der Waals surface area contributed by atoms with E-state index in [-0.39, 0.29) is 11.9 Å². The summed E-state index contributed by atoms with van der Waals surface area (Å²) >= 11 is 0. The van der Waals surface area contributed by atoms with Crippen molar-refractivity contribution in [3.05, 3.63) is 29.3 Å². The smallest absolute Gasteiger partial charge is 0.251 e. The van der Waals surface area contributed by atoms with E-state index in [0.717, 1.165) is 5.56 Å². The molecule has 4 heteroatoms. The van der Waals surface area contributed by atoms with Crippen LogP contribution in [0.15, 0.2) is 18.2 Å². The molecule has 1 rings (SSSR count). The van der Waals surface area contributed by atoms with Crippen LogP contribution in [0.2, 0.25) is 0 Å². The van der Waals surface area contributed by atoms with Crippen molar-refractivity contribution < 1.29 is 9.53 Å². The molecule has 0 fully saturated rings. The topological polar surface area (TPSA) is 64.3 Å². The largest absolute Gasteiger partial charge is 0.398 e. The molecule has 0 aliphatic carbocycles. The second-order valence-electron chi connectivity index (χ2n) is 3.90. The Morgan fingerprint density at radius 1 is 1.56 bits per heavy atom. The van der Waals surface area contributed by atoms with Gasteiger partial charge < -0.3 is 15.8 Å². The molecule has 16 heavy (non-hydrogen) atoms. The van der Waals surface area contributed by atoms with Crippen molar-refractivity contribution in [2.45, 2.75) is 19.9 Å². The third-order valence-corrected chi connectivity index (χ3v) is 2.34. The number of ether oxygens (including phenoxy) is 1. The number of carbonyl (C=O) groups excluding carboxylic acids is 1. The highest BCUT2D eigenvalue weighted by Gasteiger charge is 2.10. The first-order valence-corrected chi connectivity index (χ1v) is 5.20. The minimum atomic E-state index is -0.128. The van der Waals surface area contributed by atoms with Gasteiger partial charge in [-0.05, 0) is 31.5 Å². The molecule has 0 aromatic heterocycles. The predicted octanol–water partition coefficient (Wildman–Crippen LogP) is 1.34. The standard InChI is InChI=1S/C12H18N2O2/c1-8-4-5-10(6-11(8)13)12(15)14-9(2)7-16-3/h4-6,9H,7,13H2,1-3H3,(H,14,15). The fraction of sp³-hybridized carbons (Fsp3) is 0.417. The van der Waals surface area contributed by atoms with Gasteiger partial charge in [-0.2, -0.15) is 0 Å². The van der Waals surface area contributed by atoms with Crippen molar-refractivity contribution >= 4 is 11.6 Å². The van der Waals surface area contributed by atoms with Crippen LogP contribution in [0.4, 0.5) is 5.69 Å². The quantitative estimate of drug-likeness (QED) is 0.756. The van der Waals surface area contributed by atoms with Crippen LogP contribution in [-0.2, 0) is 4.74 Å². The summed E-state index contributed by atoms with van der Waals surface area (Å²) in [6.45, 7) is 4.29. The van der Waals surface area contributed by atoms with Crippen LogP contribution in [-0.4, -0.2) is 25.7 Å². The Hall–Kier alpha value is -1.55. The molecule has 0 bridgehead atoms. The minimum Gasteiger partial charge on any atom is -0.398 e. The van der Waals surface area contributed by atoms with Crippen LogP contribution in [0.1, 0.15) is 22.8 Å². The van der Waals surface area contributed by atoms with E-state index < -0.39 is 0 Å². The normalized spacial score (nSPS) is 12.2. The third-order valence-electron chi connectivity index (χ3n) is 2.34. The van der Waals surface area contributed by atoms with E-state index in [1.54, 1.807) is 19.2 Å². The van der Waals surface area contributed by atoms with E-state index in [1.165, 1.54) is 0 Å². The summed E-state index contributed by atoms with van der Waals surface area (Å²) in [4.78, 5) is 11.8. The Labute approximate surface area is 95.8 Å². The lowest BCUT2D eigenvalue weighted by molar-refractivity contribution is 0.0905. The number of nitrogens with one attached hydrogen (secondary N) is 1. The highest BCUT2D eigenvalue weighted by atomic mass is 16.5. The zero-order valence-corrected chi connectivity index (χ0v) is 9.91. The molecule has 88 valence electrons.